The Hall–Kier alpha value is -0.800. The molecule has 0 unspecified atom stereocenters. The maximum absolute atomic E-state index is 14.6. The van der Waals surface area contributed by atoms with Crippen molar-refractivity contribution >= 4 is 40.8 Å². The average Bonchev–Trinajstić information content (AvgIpc) is 3.90. The molecule has 0 aromatic heterocycles. The van der Waals surface area contributed by atoms with Crippen molar-refractivity contribution in [3.05, 3.63) is 12.2 Å². The summed E-state index contributed by atoms with van der Waals surface area (Å²) in [7, 11) is 0. The summed E-state index contributed by atoms with van der Waals surface area (Å²) >= 11 is 18.8. The molecule has 27 heteroatoms. The molecule has 5 aliphatic heterocycles. The zero-order chi connectivity index (χ0) is 55.9. The van der Waals surface area contributed by atoms with Gasteiger partial charge in [-0.2, -0.15) is 0 Å². The van der Waals surface area contributed by atoms with Gasteiger partial charge < -0.3 is 114 Å². The summed E-state index contributed by atoms with van der Waals surface area (Å²) in [5.74, 6) is -2.77. The highest BCUT2D eigenvalue weighted by Crippen LogP contribution is 2.74. The molecule has 4 saturated carbocycles. The van der Waals surface area contributed by atoms with Crippen LogP contribution >= 0.6 is 34.8 Å². The average molecular weight is 1170 g/mol. The fourth-order valence-electron chi connectivity index (χ4n) is 14.9. The highest BCUT2D eigenvalue weighted by Gasteiger charge is 2.70. The molecular weight excluding hydrogens is 1090 g/mol. The van der Waals surface area contributed by atoms with Crippen LogP contribution < -0.4 is 0 Å². The van der Waals surface area contributed by atoms with Crippen molar-refractivity contribution in [2.24, 2.45) is 28.1 Å². The molecule has 77 heavy (non-hydrogen) atoms. The van der Waals surface area contributed by atoms with Crippen LogP contribution in [0.15, 0.2) is 12.2 Å². The lowest BCUT2D eigenvalue weighted by molar-refractivity contribution is -0.400. The van der Waals surface area contributed by atoms with Gasteiger partial charge in [0.15, 0.2) is 25.2 Å². The maximum Gasteiger partial charge on any atom is 0.312 e. The molecule has 0 aromatic carbocycles. The minimum atomic E-state index is -1.96. The smallest absolute Gasteiger partial charge is 0.312 e. The number of ether oxygens (including phenoxy) is 10. The highest BCUT2D eigenvalue weighted by molar-refractivity contribution is 6.21. The fraction of sp³-hybridized carbons (Fsp3) is 0.940. The summed E-state index contributed by atoms with van der Waals surface area (Å²) in [6.07, 6.45) is -28.9. The third-order valence-corrected chi connectivity index (χ3v) is 20.3. The molecule has 442 valence electrons. The standard InChI is InChI=1S/C50H77Cl3O24/c1-20-12-48-9-5-26-46(2,7-4-8-47(26,3)45(67)68-17-25-29(53)33(61)36(64)43(72-25)77-50(19-52)28(57)11-21(13-51)75-50)27(48)6-10-49(20,18-48)76-44-40(74-42-38(66)35(63)31(59)23(15-55)70-42)39(32(60)24(16-56)71-44)73-41-37(65)34(62)30(58)22(14-54)69-41/h21-44,54-66H,1,4-19H2,2-3H3/t21-,22+,23+,24+,25+,26-,27-,28-,29-,30+,31+,32+,33-,34-,35-,36+,37+,38+,39-,40+,41-,42-,43+,44-,46+,47+,48+,49-,50-/m0/s1. The van der Waals surface area contributed by atoms with Crippen molar-refractivity contribution in [3.63, 3.8) is 0 Å². The number of carbonyl (C=O) groups excluding carboxylic acids is 1. The number of hydrogen-bond donors (Lipinski definition) is 13. The minimum absolute atomic E-state index is 0.0316. The summed E-state index contributed by atoms with van der Waals surface area (Å²) < 4.78 is 61.0. The lowest BCUT2D eigenvalue weighted by Gasteiger charge is -2.64. The van der Waals surface area contributed by atoms with Crippen LogP contribution in [0.2, 0.25) is 0 Å². The van der Waals surface area contributed by atoms with Crippen molar-refractivity contribution in [3.8, 4) is 0 Å². The van der Waals surface area contributed by atoms with Gasteiger partial charge in [0.1, 0.15) is 104 Å². The van der Waals surface area contributed by atoms with Crippen molar-refractivity contribution in [1.29, 1.82) is 0 Å². The summed E-state index contributed by atoms with van der Waals surface area (Å²) in [6.45, 7) is 5.82. The third kappa shape index (κ3) is 10.6. The Morgan fingerprint density at radius 1 is 0.649 bits per heavy atom. The number of aliphatic hydroxyl groups is 13. The van der Waals surface area contributed by atoms with E-state index in [0.29, 0.717) is 56.9 Å². The van der Waals surface area contributed by atoms with E-state index in [-0.39, 0.29) is 30.0 Å². The molecular formula is C50H77Cl3O24. The number of aliphatic hydroxyl groups excluding tert-OH is 13. The van der Waals surface area contributed by atoms with Gasteiger partial charge in [-0.25, -0.2) is 0 Å². The molecule has 5 heterocycles. The second-order valence-corrected chi connectivity index (χ2v) is 24.6. The van der Waals surface area contributed by atoms with Gasteiger partial charge in [-0.3, -0.25) is 4.79 Å². The van der Waals surface area contributed by atoms with Crippen LogP contribution in [-0.4, -0.2) is 256 Å². The summed E-state index contributed by atoms with van der Waals surface area (Å²) in [5.41, 5.74) is -2.26. The van der Waals surface area contributed by atoms with E-state index in [2.05, 4.69) is 13.5 Å². The van der Waals surface area contributed by atoms with E-state index in [0.717, 1.165) is 6.42 Å². The quantitative estimate of drug-likeness (QED) is 0.0328. The van der Waals surface area contributed by atoms with Crippen molar-refractivity contribution in [2.75, 3.05) is 38.2 Å². The minimum Gasteiger partial charge on any atom is -0.462 e. The molecule has 24 nitrogen and oxygen atoms in total. The molecule has 9 aliphatic rings. The number of alkyl halides is 3. The SMILES string of the molecule is C=C1C[C@@]23CC[C@H]4[C@@](C)(CCC[C@@]4(C)C(=O)OC[C@H]4O[C@H](O[C@]5(CCl)O[C@H](CCl)C[C@@H]5O)[C@H](O)[C@@H](O)[C@H]4Cl)[C@@H]2CC[C@]1(O[C@@H]1O[C@H](CO)[C@@H](O)[C@H](O[C@@H]2O[C@H](CO)[C@@H](O)[C@H](O)[C@H]2O)[C@H]1O[C@@H]1O[C@H](CO)[C@@H](O)[C@H](O)[C@H]1O)C3. The molecule has 1 spiro atoms. The van der Waals surface area contributed by atoms with E-state index >= 15 is 0 Å². The van der Waals surface area contributed by atoms with E-state index < -0.39 is 194 Å². The van der Waals surface area contributed by atoms with Gasteiger partial charge in [0.25, 0.3) is 0 Å². The molecule has 29 atom stereocenters. The number of hydrogen-bond acceptors (Lipinski definition) is 24. The number of halogens is 3. The normalized spacial score (nSPS) is 53.9. The van der Waals surface area contributed by atoms with Crippen LogP contribution in [0, 0.1) is 28.1 Å². The number of rotatable bonds is 16. The van der Waals surface area contributed by atoms with Gasteiger partial charge in [0, 0.05) is 12.3 Å². The van der Waals surface area contributed by atoms with Crippen LogP contribution in [0.4, 0.5) is 0 Å². The lowest BCUT2D eigenvalue weighted by Crippen LogP contribution is -2.68. The van der Waals surface area contributed by atoms with Gasteiger partial charge >= 0.3 is 5.97 Å². The lowest BCUT2D eigenvalue weighted by atomic mass is 9.41. The number of carbonyl (C=O) groups is 1. The molecule has 9 fully saturated rings. The molecule has 0 aromatic rings. The zero-order valence-electron chi connectivity index (χ0n) is 42.8. The summed E-state index contributed by atoms with van der Waals surface area (Å²) in [6, 6.07) is 0. The van der Waals surface area contributed by atoms with E-state index in [1.807, 2.05) is 6.92 Å². The fourth-order valence-corrected chi connectivity index (χ4v) is 15.7. The summed E-state index contributed by atoms with van der Waals surface area (Å²) in [4.78, 5) is 14.6. The van der Waals surface area contributed by atoms with Gasteiger partial charge in [-0.1, -0.05) is 19.9 Å². The van der Waals surface area contributed by atoms with Gasteiger partial charge in [-0.05, 0) is 86.5 Å². The molecule has 2 bridgehead atoms. The van der Waals surface area contributed by atoms with Crippen LogP contribution in [-0.2, 0) is 52.2 Å². The monoisotopic (exact) mass is 1170 g/mol. The molecule has 0 radical (unpaired) electrons. The van der Waals surface area contributed by atoms with Crippen LogP contribution in [0.5, 0.6) is 0 Å². The first kappa shape index (κ1) is 60.8. The predicted octanol–water partition coefficient (Wildman–Crippen LogP) is -2.52. The number of esters is 1. The second kappa shape index (κ2) is 23.3. The highest BCUT2D eigenvalue weighted by atomic mass is 35.5. The molecule has 9 rings (SSSR count). The van der Waals surface area contributed by atoms with Crippen LogP contribution in [0.3, 0.4) is 0 Å². The van der Waals surface area contributed by atoms with Crippen LogP contribution in [0.1, 0.15) is 78.1 Å². The van der Waals surface area contributed by atoms with E-state index in [9.17, 15) is 71.2 Å². The van der Waals surface area contributed by atoms with E-state index in [1.165, 1.54) is 0 Å². The van der Waals surface area contributed by atoms with Crippen molar-refractivity contribution in [1.82, 2.24) is 0 Å². The molecule has 0 amide bonds. The predicted molar refractivity (Wildman–Crippen MR) is 261 cm³/mol. The largest absolute Gasteiger partial charge is 0.462 e. The van der Waals surface area contributed by atoms with Gasteiger partial charge in [0.05, 0.1) is 48.2 Å². The molecule has 4 aliphatic carbocycles. The Kier molecular flexibility index (Phi) is 18.4. The second-order valence-electron chi connectivity index (χ2n) is 23.5. The summed E-state index contributed by atoms with van der Waals surface area (Å²) in [5, 5.41) is 139. The first-order valence-corrected chi connectivity index (χ1v) is 28.1. The Bertz CT molecular complexity index is 2070. The Labute approximate surface area is 459 Å². The first-order chi connectivity index (χ1) is 36.4. The zero-order valence-corrected chi connectivity index (χ0v) is 45.1. The van der Waals surface area contributed by atoms with Gasteiger partial charge in [-0.15, -0.1) is 34.8 Å². The first-order valence-electron chi connectivity index (χ1n) is 26.6. The molecule has 13 N–H and O–H groups in total. The third-order valence-electron chi connectivity index (χ3n) is 19.0. The van der Waals surface area contributed by atoms with Crippen molar-refractivity contribution in [2.45, 2.75) is 224 Å². The number of fused-ring (bicyclic) bond motifs is 3. The van der Waals surface area contributed by atoms with Crippen molar-refractivity contribution < 1.29 is 119 Å². The van der Waals surface area contributed by atoms with E-state index in [4.69, 9.17) is 82.2 Å². The van der Waals surface area contributed by atoms with Gasteiger partial charge in [0.2, 0.25) is 5.79 Å². The Morgan fingerprint density at radius 2 is 1.21 bits per heavy atom. The maximum atomic E-state index is 14.6. The van der Waals surface area contributed by atoms with E-state index in [1.54, 1.807) is 0 Å². The Morgan fingerprint density at radius 3 is 1.79 bits per heavy atom. The van der Waals surface area contributed by atoms with Crippen LogP contribution in [0.25, 0.3) is 0 Å². The Balaban J connectivity index is 0.932. The topological polar surface area (TPSA) is 372 Å². The molecule has 5 saturated heterocycles.